The molecular weight excluding hydrogens is 470 g/mol. The van der Waals surface area contributed by atoms with E-state index >= 15 is 0 Å². The lowest BCUT2D eigenvalue weighted by molar-refractivity contribution is -0.121. The fraction of sp³-hybridized carbons (Fsp3) is 0.200. The number of aryl methyl sites for hydroxylation is 1. The number of nitrogens with one attached hydrogen (secondary N) is 1. The zero-order chi connectivity index (χ0) is 22.5. The van der Waals surface area contributed by atoms with Gasteiger partial charge in [-0.15, -0.1) is 0 Å². The largest absolute Gasteiger partial charge is 0.493 e. The maximum absolute atomic E-state index is 12.6. The molecule has 7 heteroatoms. The highest BCUT2D eigenvalue weighted by atomic mass is 79.9. The van der Waals surface area contributed by atoms with Crippen LogP contribution in [-0.4, -0.2) is 29.7 Å². The zero-order valence-corrected chi connectivity index (χ0v) is 19.6. The third-order valence-corrected chi connectivity index (χ3v) is 5.99. The first-order valence-electron chi connectivity index (χ1n) is 10.3. The highest BCUT2D eigenvalue weighted by molar-refractivity contribution is 9.10. The van der Waals surface area contributed by atoms with E-state index in [1.54, 1.807) is 14.2 Å². The average Bonchev–Trinajstić information content (AvgIpc) is 3.20. The quantitative estimate of drug-likeness (QED) is 0.372. The number of methoxy groups -OCH3 is 2. The van der Waals surface area contributed by atoms with Crippen molar-refractivity contribution < 1.29 is 14.3 Å². The summed E-state index contributed by atoms with van der Waals surface area (Å²) in [5.41, 5.74) is 3.89. The summed E-state index contributed by atoms with van der Waals surface area (Å²) in [7, 11) is 3.18. The fourth-order valence-electron chi connectivity index (χ4n) is 3.65. The Bertz CT molecular complexity index is 1240. The Morgan fingerprint density at radius 1 is 1.00 bits per heavy atom. The van der Waals surface area contributed by atoms with Gasteiger partial charge >= 0.3 is 0 Å². The minimum atomic E-state index is -0.0432. The van der Waals surface area contributed by atoms with Crippen LogP contribution in [0.2, 0.25) is 0 Å². The summed E-state index contributed by atoms with van der Waals surface area (Å²) in [5.74, 6) is 2.07. The number of para-hydroxylation sites is 3. The molecule has 1 N–H and O–H groups in total. The van der Waals surface area contributed by atoms with Crippen molar-refractivity contribution in [1.82, 2.24) is 14.9 Å². The van der Waals surface area contributed by atoms with Crippen LogP contribution in [0.1, 0.15) is 17.8 Å². The molecule has 1 aromatic heterocycles. The number of carbonyl (C=O) groups excluding carboxylic acids is 1. The van der Waals surface area contributed by atoms with E-state index in [4.69, 9.17) is 14.5 Å². The zero-order valence-electron chi connectivity index (χ0n) is 18.0. The van der Waals surface area contributed by atoms with Crippen LogP contribution in [0.5, 0.6) is 11.5 Å². The second-order valence-electron chi connectivity index (χ2n) is 7.26. The van der Waals surface area contributed by atoms with E-state index in [9.17, 15) is 4.79 Å². The van der Waals surface area contributed by atoms with Crippen molar-refractivity contribution in [2.45, 2.75) is 19.4 Å². The molecule has 0 atom stereocenters. The van der Waals surface area contributed by atoms with Gasteiger partial charge in [-0.05, 0) is 42.0 Å². The molecular formula is C25H24BrN3O3. The van der Waals surface area contributed by atoms with Crippen LogP contribution in [0.4, 0.5) is 0 Å². The number of halogens is 1. The van der Waals surface area contributed by atoms with Crippen LogP contribution in [-0.2, 0) is 17.8 Å². The second-order valence-corrected chi connectivity index (χ2v) is 8.12. The van der Waals surface area contributed by atoms with Gasteiger partial charge in [0.1, 0.15) is 5.82 Å². The van der Waals surface area contributed by atoms with E-state index in [0.29, 0.717) is 30.9 Å². The summed E-state index contributed by atoms with van der Waals surface area (Å²) in [6, 6.07) is 21.8. The summed E-state index contributed by atoms with van der Waals surface area (Å²) in [4.78, 5) is 17.4. The van der Waals surface area contributed by atoms with E-state index in [-0.39, 0.29) is 5.91 Å². The molecule has 0 bridgehead atoms. The maximum atomic E-state index is 12.6. The lowest BCUT2D eigenvalue weighted by Crippen LogP contribution is -2.23. The number of amides is 1. The lowest BCUT2D eigenvalue weighted by atomic mass is 10.2. The van der Waals surface area contributed by atoms with E-state index in [1.807, 2.05) is 66.7 Å². The molecule has 1 amide bonds. The number of nitrogens with zero attached hydrogens (tertiary/aromatic N) is 2. The van der Waals surface area contributed by atoms with Crippen molar-refractivity contribution in [3.8, 4) is 17.2 Å². The minimum absolute atomic E-state index is 0.0432. The fourth-order valence-corrected chi connectivity index (χ4v) is 4.11. The summed E-state index contributed by atoms with van der Waals surface area (Å²) >= 11 is 3.53. The maximum Gasteiger partial charge on any atom is 0.220 e. The van der Waals surface area contributed by atoms with Gasteiger partial charge in [0.25, 0.3) is 0 Å². The van der Waals surface area contributed by atoms with E-state index in [2.05, 4.69) is 25.8 Å². The van der Waals surface area contributed by atoms with Crippen molar-refractivity contribution in [1.29, 1.82) is 0 Å². The van der Waals surface area contributed by atoms with Crippen LogP contribution in [0, 0.1) is 0 Å². The first kappa shape index (κ1) is 21.9. The summed E-state index contributed by atoms with van der Waals surface area (Å²) in [6.07, 6.45) is 0.865. The normalized spacial score (nSPS) is 10.8. The molecule has 0 unspecified atom stereocenters. The standard InChI is InChI=1S/C25H24BrN3O3/c1-31-22-14-17(19(26)15-23(22)32-2)16-27-25(30)13-12-24-28-20-10-6-7-11-21(20)29(24)18-8-4-3-5-9-18/h3-11,14-15H,12-13,16H2,1-2H3,(H,27,30). The van der Waals surface area contributed by atoms with Gasteiger partial charge in [0.05, 0.1) is 25.3 Å². The second kappa shape index (κ2) is 9.87. The molecule has 164 valence electrons. The first-order chi connectivity index (χ1) is 15.6. The van der Waals surface area contributed by atoms with Crippen LogP contribution in [0.15, 0.2) is 71.2 Å². The molecule has 0 aliphatic carbocycles. The first-order valence-corrected chi connectivity index (χ1v) is 11.1. The van der Waals surface area contributed by atoms with Crippen LogP contribution >= 0.6 is 15.9 Å². The molecule has 6 nitrogen and oxygen atoms in total. The number of imidazole rings is 1. The van der Waals surface area contributed by atoms with E-state index in [1.165, 1.54) is 0 Å². The molecule has 1 heterocycles. The third kappa shape index (κ3) is 4.62. The predicted molar refractivity (Wildman–Crippen MR) is 128 cm³/mol. The minimum Gasteiger partial charge on any atom is -0.493 e. The Hall–Kier alpha value is -3.32. The molecule has 4 rings (SSSR count). The van der Waals surface area contributed by atoms with Crippen molar-refractivity contribution in [3.63, 3.8) is 0 Å². The molecule has 0 fully saturated rings. The van der Waals surface area contributed by atoms with E-state index < -0.39 is 0 Å². The highest BCUT2D eigenvalue weighted by Crippen LogP contribution is 2.33. The number of ether oxygens (including phenoxy) is 2. The van der Waals surface area contributed by atoms with Crippen LogP contribution in [0.25, 0.3) is 16.7 Å². The van der Waals surface area contributed by atoms with Gasteiger partial charge in [-0.1, -0.05) is 46.3 Å². The number of aromatic nitrogens is 2. The van der Waals surface area contributed by atoms with Crippen molar-refractivity contribution in [2.24, 2.45) is 0 Å². The summed E-state index contributed by atoms with van der Waals surface area (Å²) < 4.78 is 13.6. The van der Waals surface area contributed by atoms with Gasteiger partial charge in [-0.3, -0.25) is 9.36 Å². The number of hydrogen-bond acceptors (Lipinski definition) is 4. The van der Waals surface area contributed by atoms with E-state index in [0.717, 1.165) is 32.6 Å². The Balaban J connectivity index is 1.47. The monoisotopic (exact) mass is 493 g/mol. The van der Waals surface area contributed by atoms with Crippen molar-refractivity contribution >= 4 is 32.9 Å². The number of benzene rings is 3. The highest BCUT2D eigenvalue weighted by Gasteiger charge is 2.14. The molecule has 0 spiro atoms. The van der Waals surface area contributed by atoms with Gasteiger partial charge in [-0.25, -0.2) is 4.98 Å². The third-order valence-electron chi connectivity index (χ3n) is 5.25. The molecule has 0 saturated heterocycles. The number of fused-ring (bicyclic) bond motifs is 1. The number of rotatable bonds is 8. The SMILES string of the molecule is COc1cc(Br)c(CNC(=O)CCc2nc3ccccc3n2-c2ccccc2)cc1OC. The van der Waals surface area contributed by atoms with Crippen LogP contribution < -0.4 is 14.8 Å². The van der Waals surface area contributed by atoms with Gasteiger partial charge in [-0.2, -0.15) is 0 Å². The van der Waals surface area contributed by atoms with Gasteiger partial charge in [0, 0.05) is 29.5 Å². The van der Waals surface area contributed by atoms with Crippen molar-refractivity contribution in [3.05, 3.63) is 82.6 Å². The Labute approximate surface area is 195 Å². The molecule has 0 aliphatic heterocycles. The molecule has 0 radical (unpaired) electrons. The summed E-state index contributed by atoms with van der Waals surface area (Å²) in [5, 5.41) is 2.99. The topological polar surface area (TPSA) is 65.4 Å². The van der Waals surface area contributed by atoms with Gasteiger partial charge in [0.2, 0.25) is 5.91 Å². The molecule has 0 saturated carbocycles. The average molecular weight is 494 g/mol. The Morgan fingerprint density at radius 3 is 2.44 bits per heavy atom. The molecule has 32 heavy (non-hydrogen) atoms. The smallest absolute Gasteiger partial charge is 0.220 e. The lowest BCUT2D eigenvalue weighted by Gasteiger charge is -2.13. The molecule has 4 aromatic rings. The number of carbonyl (C=O) groups is 1. The molecule has 0 aliphatic rings. The summed E-state index contributed by atoms with van der Waals surface area (Å²) in [6.45, 7) is 0.384. The van der Waals surface area contributed by atoms with Crippen LogP contribution in [0.3, 0.4) is 0 Å². The van der Waals surface area contributed by atoms with Gasteiger partial charge in [0.15, 0.2) is 11.5 Å². The predicted octanol–water partition coefficient (Wildman–Crippen LogP) is 5.05. The Morgan fingerprint density at radius 2 is 1.69 bits per heavy atom. The number of hydrogen-bond donors (Lipinski definition) is 1. The Kier molecular flexibility index (Phi) is 6.75. The molecule has 3 aromatic carbocycles. The van der Waals surface area contributed by atoms with Gasteiger partial charge < -0.3 is 14.8 Å². The van der Waals surface area contributed by atoms with Crippen molar-refractivity contribution in [2.75, 3.05) is 14.2 Å².